The van der Waals surface area contributed by atoms with Crippen LogP contribution in [0.5, 0.6) is 0 Å². The Hall–Kier alpha value is -1.07. The Morgan fingerprint density at radius 2 is 2.16 bits per heavy atom. The van der Waals surface area contributed by atoms with Crippen molar-refractivity contribution in [3.63, 3.8) is 0 Å². The molecule has 0 heterocycles. The molecule has 0 fully saturated rings. The third-order valence-electron chi connectivity index (χ3n) is 2.70. The standard InChI is InChI=1S/C14H20FNO2S/c1-14(18,10-19-2)9-16-13(17)8-7-11-5-3-4-6-12(11)15/h3-6,18H,7-10H2,1-2H3,(H,16,17)/t14-/m0/s1. The predicted octanol–water partition coefficient (Wildman–Crippen LogP) is 1.99. The van der Waals surface area contributed by atoms with Gasteiger partial charge in [0.1, 0.15) is 5.82 Å². The Morgan fingerprint density at radius 1 is 1.47 bits per heavy atom. The lowest BCUT2D eigenvalue weighted by atomic mass is 10.1. The van der Waals surface area contributed by atoms with Gasteiger partial charge >= 0.3 is 0 Å². The quantitative estimate of drug-likeness (QED) is 0.805. The highest BCUT2D eigenvalue weighted by molar-refractivity contribution is 7.98. The number of hydrogen-bond acceptors (Lipinski definition) is 3. The molecule has 1 aromatic rings. The van der Waals surface area contributed by atoms with Gasteiger partial charge in [0, 0.05) is 18.7 Å². The summed E-state index contributed by atoms with van der Waals surface area (Å²) in [4.78, 5) is 11.6. The first-order valence-corrected chi connectivity index (χ1v) is 7.55. The summed E-state index contributed by atoms with van der Waals surface area (Å²) in [5.74, 6) is 0.0925. The molecule has 0 radical (unpaired) electrons. The van der Waals surface area contributed by atoms with E-state index in [2.05, 4.69) is 5.32 Å². The largest absolute Gasteiger partial charge is 0.387 e. The highest BCUT2D eigenvalue weighted by atomic mass is 32.2. The van der Waals surface area contributed by atoms with Gasteiger partial charge in [0.15, 0.2) is 0 Å². The van der Waals surface area contributed by atoms with Gasteiger partial charge in [-0.1, -0.05) is 18.2 Å². The van der Waals surface area contributed by atoms with Crippen molar-refractivity contribution >= 4 is 17.7 Å². The van der Waals surface area contributed by atoms with Crippen LogP contribution < -0.4 is 5.32 Å². The van der Waals surface area contributed by atoms with E-state index in [0.29, 0.717) is 17.7 Å². The summed E-state index contributed by atoms with van der Waals surface area (Å²) in [7, 11) is 0. The van der Waals surface area contributed by atoms with Gasteiger partial charge in [-0.15, -0.1) is 0 Å². The highest BCUT2D eigenvalue weighted by Crippen LogP contribution is 2.10. The van der Waals surface area contributed by atoms with E-state index >= 15 is 0 Å². The number of carbonyl (C=O) groups excluding carboxylic acids is 1. The van der Waals surface area contributed by atoms with Crippen LogP contribution in [0.4, 0.5) is 4.39 Å². The molecule has 2 N–H and O–H groups in total. The number of carbonyl (C=O) groups is 1. The van der Waals surface area contributed by atoms with Gasteiger partial charge in [-0.2, -0.15) is 11.8 Å². The number of benzene rings is 1. The van der Waals surface area contributed by atoms with Crippen LogP contribution in [-0.2, 0) is 11.2 Å². The van der Waals surface area contributed by atoms with Crippen LogP contribution in [-0.4, -0.2) is 35.2 Å². The van der Waals surface area contributed by atoms with Crippen molar-refractivity contribution < 1.29 is 14.3 Å². The van der Waals surface area contributed by atoms with Gasteiger partial charge in [-0.3, -0.25) is 4.79 Å². The zero-order valence-corrected chi connectivity index (χ0v) is 12.1. The predicted molar refractivity (Wildman–Crippen MR) is 76.7 cm³/mol. The third-order valence-corrected chi connectivity index (χ3v) is 3.61. The van der Waals surface area contributed by atoms with Crippen molar-refractivity contribution in [2.45, 2.75) is 25.4 Å². The Balaban J connectivity index is 2.35. The van der Waals surface area contributed by atoms with Crippen LogP contribution in [0.1, 0.15) is 18.9 Å². The van der Waals surface area contributed by atoms with Gasteiger partial charge in [-0.25, -0.2) is 4.39 Å². The van der Waals surface area contributed by atoms with Crippen molar-refractivity contribution in [1.82, 2.24) is 5.32 Å². The van der Waals surface area contributed by atoms with E-state index in [0.717, 1.165) is 0 Å². The van der Waals surface area contributed by atoms with Crippen LogP contribution in [0.2, 0.25) is 0 Å². The van der Waals surface area contributed by atoms with Crippen LogP contribution in [0.15, 0.2) is 24.3 Å². The van der Waals surface area contributed by atoms with Crippen molar-refractivity contribution in [2.24, 2.45) is 0 Å². The number of hydrogen-bond donors (Lipinski definition) is 2. The second-order valence-corrected chi connectivity index (χ2v) is 5.66. The average Bonchev–Trinajstić information content (AvgIpc) is 2.35. The fraction of sp³-hybridized carbons (Fsp3) is 0.500. The van der Waals surface area contributed by atoms with E-state index in [1.807, 2.05) is 6.26 Å². The molecule has 19 heavy (non-hydrogen) atoms. The van der Waals surface area contributed by atoms with Crippen LogP contribution in [0.3, 0.4) is 0 Å². The summed E-state index contributed by atoms with van der Waals surface area (Å²) < 4.78 is 13.3. The fourth-order valence-electron chi connectivity index (χ4n) is 1.69. The van der Waals surface area contributed by atoms with Gasteiger partial charge in [-0.05, 0) is 31.2 Å². The van der Waals surface area contributed by atoms with Crippen LogP contribution >= 0.6 is 11.8 Å². The lowest BCUT2D eigenvalue weighted by Crippen LogP contribution is -2.42. The van der Waals surface area contributed by atoms with Gasteiger partial charge in [0.25, 0.3) is 0 Å². The van der Waals surface area contributed by atoms with E-state index < -0.39 is 5.60 Å². The topological polar surface area (TPSA) is 49.3 Å². The van der Waals surface area contributed by atoms with Crippen molar-refractivity contribution in [1.29, 1.82) is 0 Å². The Bertz CT molecular complexity index is 424. The monoisotopic (exact) mass is 285 g/mol. The summed E-state index contributed by atoms with van der Waals surface area (Å²) in [5, 5.41) is 12.6. The van der Waals surface area contributed by atoms with Gasteiger partial charge < -0.3 is 10.4 Å². The van der Waals surface area contributed by atoms with Crippen molar-refractivity contribution in [3.8, 4) is 0 Å². The molecule has 1 aromatic carbocycles. The zero-order valence-electron chi connectivity index (χ0n) is 11.3. The number of halogens is 1. The molecule has 106 valence electrons. The molecular formula is C14H20FNO2S. The summed E-state index contributed by atoms with van der Waals surface area (Å²) in [6, 6.07) is 6.43. The number of aryl methyl sites for hydroxylation is 1. The first-order valence-electron chi connectivity index (χ1n) is 6.16. The summed E-state index contributed by atoms with van der Waals surface area (Å²) >= 11 is 1.52. The van der Waals surface area contributed by atoms with Gasteiger partial charge in [0.05, 0.1) is 5.60 Å². The maximum atomic E-state index is 13.3. The zero-order chi connectivity index (χ0) is 14.3. The Labute approximate surface area is 117 Å². The minimum atomic E-state index is -0.910. The van der Waals surface area contributed by atoms with Gasteiger partial charge in [0.2, 0.25) is 5.91 Å². The molecule has 0 aliphatic rings. The number of nitrogens with one attached hydrogen (secondary N) is 1. The second-order valence-electron chi connectivity index (χ2n) is 4.80. The summed E-state index contributed by atoms with van der Waals surface area (Å²) in [5.41, 5.74) is -0.374. The molecule has 0 saturated heterocycles. The minimum absolute atomic E-state index is 0.176. The van der Waals surface area contributed by atoms with E-state index in [4.69, 9.17) is 0 Å². The molecule has 1 rings (SSSR count). The number of amides is 1. The lowest BCUT2D eigenvalue weighted by Gasteiger charge is -2.22. The van der Waals surface area contributed by atoms with Crippen molar-refractivity contribution in [3.05, 3.63) is 35.6 Å². The molecule has 0 aliphatic heterocycles. The Kier molecular flexibility index (Phi) is 6.31. The first kappa shape index (κ1) is 16.0. The van der Waals surface area contributed by atoms with E-state index in [-0.39, 0.29) is 24.7 Å². The molecule has 0 unspecified atom stereocenters. The summed E-state index contributed by atoms with van der Waals surface area (Å²) in [6.07, 6.45) is 2.48. The maximum Gasteiger partial charge on any atom is 0.220 e. The van der Waals surface area contributed by atoms with Crippen LogP contribution in [0, 0.1) is 5.82 Å². The molecule has 3 nitrogen and oxygen atoms in total. The first-order chi connectivity index (χ1) is 8.94. The normalized spacial score (nSPS) is 13.9. The van der Waals surface area contributed by atoms with E-state index in [9.17, 15) is 14.3 Å². The van der Waals surface area contributed by atoms with Crippen molar-refractivity contribution in [2.75, 3.05) is 18.6 Å². The second kappa shape index (κ2) is 7.50. The highest BCUT2D eigenvalue weighted by Gasteiger charge is 2.20. The number of thioether (sulfide) groups is 1. The minimum Gasteiger partial charge on any atom is -0.387 e. The van der Waals surface area contributed by atoms with E-state index in [1.54, 1.807) is 25.1 Å². The molecule has 0 bridgehead atoms. The van der Waals surface area contributed by atoms with E-state index in [1.165, 1.54) is 17.8 Å². The average molecular weight is 285 g/mol. The molecule has 0 saturated carbocycles. The summed E-state index contributed by atoms with van der Waals surface area (Å²) in [6.45, 7) is 1.89. The molecule has 1 atom stereocenters. The Morgan fingerprint density at radius 3 is 2.79 bits per heavy atom. The number of aliphatic hydroxyl groups is 1. The molecule has 1 amide bonds. The molecule has 5 heteroatoms. The molecule has 0 spiro atoms. The fourth-order valence-corrected chi connectivity index (χ4v) is 2.41. The maximum absolute atomic E-state index is 13.3. The third kappa shape index (κ3) is 6.07. The SMILES string of the molecule is CSC[C@@](C)(O)CNC(=O)CCc1ccccc1F. The number of rotatable bonds is 7. The van der Waals surface area contributed by atoms with Crippen LogP contribution in [0.25, 0.3) is 0 Å². The molecular weight excluding hydrogens is 265 g/mol. The lowest BCUT2D eigenvalue weighted by molar-refractivity contribution is -0.122. The smallest absolute Gasteiger partial charge is 0.220 e. The molecule has 0 aliphatic carbocycles. The molecule has 0 aromatic heterocycles.